The van der Waals surface area contributed by atoms with Gasteiger partial charge in [-0.2, -0.15) is 0 Å². The van der Waals surface area contributed by atoms with Gasteiger partial charge in [0, 0.05) is 12.6 Å². The van der Waals surface area contributed by atoms with E-state index >= 15 is 0 Å². The molecule has 17 heavy (non-hydrogen) atoms. The summed E-state index contributed by atoms with van der Waals surface area (Å²) in [5.41, 5.74) is 0. The molecule has 0 aromatic heterocycles. The lowest BCUT2D eigenvalue weighted by atomic mass is 9.78. The number of hydrogen-bond donors (Lipinski definition) is 1. The monoisotopic (exact) mass is 238 g/mol. The van der Waals surface area contributed by atoms with Crippen molar-refractivity contribution in [1.29, 1.82) is 0 Å². The molecule has 1 N–H and O–H groups in total. The Morgan fingerprint density at radius 3 is 2.41 bits per heavy atom. The van der Waals surface area contributed by atoms with Crippen LogP contribution < -0.4 is 5.32 Å². The molecule has 1 aliphatic heterocycles. The van der Waals surface area contributed by atoms with Crippen LogP contribution in [0.3, 0.4) is 0 Å². The Hall–Kier alpha value is -0.0800. The van der Waals surface area contributed by atoms with E-state index in [1.807, 2.05) is 0 Å². The molecule has 2 aliphatic rings. The summed E-state index contributed by atoms with van der Waals surface area (Å²) in [6.07, 6.45) is 5.69. The fourth-order valence-electron chi connectivity index (χ4n) is 3.75. The van der Waals surface area contributed by atoms with Gasteiger partial charge in [0.25, 0.3) is 0 Å². The third-order valence-corrected chi connectivity index (χ3v) is 5.00. The zero-order valence-electron chi connectivity index (χ0n) is 11.9. The van der Waals surface area contributed by atoms with Gasteiger partial charge in [-0.15, -0.1) is 0 Å². The first-order valence-corrected chi connectivity index (χ1v) is 7.66. The number of rotatable bonds is 4. The SMILES string of the molecule is CCN1CCC(CNC2C(C)CCCC2C)C1. The van der Waals surface area contributed by atoms with E-state index in [1.54, 1.807) is 0 Å². The first kappa shape index (κ1) is 13.4. The van der Waals surface area contributed by atoms with Gasteiger partial charge in [-0.1, -0.05) is 27.2 Å². The summed E-state index contributed by atoms with van der Waals surface area (Å²) >= 11 is 0. The quantitative estimate of drug-likeness (QED) is 0.810. The maximum absolute atomic E-state index is 3.88. The van der Waals surface area contributed by atoms with E-state index in [-0.39, 0.29) is 0 Å². The van der Waals surface area contributed by atoms with Crippen molar-refractivity contribution in [2.45, 2.75) is 52.5 Å². The summed E-state index contributed by atoms with van der Waals surface area (Å²) in [4.78, 5) is 2.58. The van der Waals surface area contributed by atoms with Gasteiger partial charge in [-0.05, 0) is 56.7 Å². The van der Waals surface area contributed by atoms with Crippen molar-refractivity contribution in [1.82, 2.24) is 10.2 Å². The molecule has 2 fully saturated rings. The van der Waals surface area contributed by atoms with Crippen molar-refractivity contribution in [3.05, 3.63) is 0 Å². The third-order valence-electron chi connectivity index (χ3n) is 5.00. The van der Waals surface area contributed by atoms with Crippen LogP contribution in [0.25, 0.3) is 0 Å². The lowest BCUT2D eigenvalue weighted by molar-refractivity contribution is 0.201. The molecule has 1 saturated carbocycles. The molecule has 100 valence electrons. The molecule has 2 heteroatoms. The van der Waals surface area contributed by atoms with Crippen LogP contribution in [0, 0.1) is 17.8 Å². The van der Waals surface area contributed by atoms with Gasteiger partial charge in [-0.3, -0.25) is 0 Å². The molecule has 1 heterocycles. The Morgan fingerprint density at radius 1 is 1.12 bits per heavy atom. The Bertz CT molecular complexity index is 219. The van der Waals surface area contributed by atoms with Gasteiger partial charge in [0.15, 0.2) is 0 Å². The highest BCUT2D eigenvalue weighted by atomic mass is 15.1. The van der Waals surface area contributed by atoms with E-state index in [0.29, 0.717) is 0 Å². The standard InChI is InChI=1S/C15H30N2/c1-4-17-9-8-14(11-17)10-16-15-12(2)6-5-7-13(15)3/h12-16H,4-11H2,1-3H3. The Morgan fingerprint density at radius 2 is 1.82 bits per heavy atom. The van der Waals surface area contributed by atoms with E-state index < -0.39 is 0 Å². The van der Waals surface area contributed by atoms with Crippen molar-refractivity contribution in [3.63, 3.8) is 0 Å². The van der Waals surface area contributed by atoms with Crippen LogP contribution >= 0.6 is 0 Å². The van der Waals surface area contributed by atoms with Crippen LogP contribution in [0.4, 0.5) is 0 Å². The van der Waals surface area contributed by atoms with E-state index in [1.165, 1.54) is 51.9 Å². The van der Waals surface area contributed by atoms with Gasteiger partial charge in [-0.25, -0.2) is 0 Å². The van der Waals surface area contributed by atoms with Gasteiger partial charge >= 0.3 is 0 Å². The minimum absolute atomic E-state index is 0.777. The lowest BCUT2D eigenvalue weighted by Crippen LogP contribution is -2.44. The van der Waals surface area contributed by atoms with Crippen molar-refractivity contribution in [2.24, 2.45) is 17.8 Å². The summed E-state index contributed by atoms with van der Waals surface area (Å²) in [5, 5.41) is 3.88. The number of hydrogen-bond acceptors (Lipinski definition) is 2. The second-order valence-corrected chi connectivity index (χ2v) is 6.37. The molecule has 0 spiro atoms. The summed E-state index contributed by atoms with van der Waals surface area (Å²) in [7, 11) is 0. The highest BCUT2D eigenvalue weighted by Crippen LogP contribution is 2.29. The molecule has 3 atom stereocenters. The van der Waals surface area contributed by atoms with Crippen LogP contribution in [-0.2, 0) is 0 Å². The van der Waals surface area contributed by atoms with Crippen LogP contribution in [0.2, 0.25) is 0 Å². The summed E-state index contributed by atoms with van der Waals surface area (Å²) in [6, 6.07) is 0.777. The van der Waals surface area contributed by atoms with Gasteiger partial charge in [0.05, 0.1) is 0 Å². The highest BCUT2D eigenvalue weighted by Gasteiger charge is 2.29. The summed E-state index contributed by atoms with van der Waals surface area (Å²) in [5.74, 6) is 2.65. The second kappa shape index (κ2) is 6.19. The van der Waals surface area contributed by atoms with E-state index in [0.717, 1.165) is 23.8 Å². The Labute approximate surface area is 107 Å². The minimum atomic E-state index is 0.777. The van der Waals surface area contributed by atoms with Gasteiger partial charge < -0.3 is 10.2 Å². The van der Waals surface area contributed by atoms with Crippen molar-refractivity contribution < 1.29 is 0 Å². The number of nitrogens with one attached hydrogen (secondary N) is 1. The minimum Gasteiger partial charge on any atom is -0.313 e. The highest BCUT2D eigenvalue weighted by molar-refractivity contribution is 4.85. The largest absolute Gasteiger partial charge is 0.313 e. The van der Waals surface area contributed by atoms with E-state index in [2.05, 4.69) is 31.0 Å². The van der Waals surface area contributed by atoms with Crippen molar-refractivity contribution >= 4 is 0 Å². The topological polar surface area (TPSA) is 15.3 Å². The molecule has 1 aliphatic carbocycles. The smallest absolute Gasteiger partial charge is 0.0118 e. The molecule has 0 amide bonds. The van der Waals surface area contributed by atoms with Crippen LogP contribution in [0.1, 0.15) is 46.5 Å². The zero-order chi connectivity index (χ0) is 12.3. The molecule has 2 rings (SSSR count). The average Bonchev–Trinajstić information content (AvgIpc) is 2.76. The van der Waals surface area contributed by atoms with Crippen molar-refractivity contribution in [2.75, 3.05) is 26.2 Å². The second-order valence-electron chi connectivity index (χ2n) is 6.37. The van der Waals surface area contributed by atoms with Crippen LogP contribution in [0.15, 0.2) is 0 Å². The van der Waals surface area contributed by atoms with E-state index in [9.17, 15) is 0 Å². The fraction of sp³-hybridized carbons (Fsp3) is 1.00. The molecule has 0 radical (unpaired) electrons. The van der Waals surface area contributed by atoms with Gasteiger partial charge in [0.1, 0.15) is 0 Å². The third kappa shape index (κ3) is 3.45. The maximum Gasteiger partial charge on any atom is 0.0118 e. The zero-order valence-corrected chi connectivity index (χ0v) is 11.9. The van der Waals surface area contributed by atoms with Crippen LogP contribution in [-0.4, -0.2) is 37.1 Å². The number of nitrogens with zero attached hydrogens (tertiary/aromatic N) is 1. The first-order chi connectivity index (χ1) is 8.20. The Balaban J connectivity index is 1.73. The van der Waals surface area contributed by atoms with Gasteiger partial charge in [0.2, 0.25) is 0 Å². The molecule has 0 aromatic rings. The molecule has 2 nitrogen and oxygen atoms in total. The maximum atomic E-state index is 3.88. The number of likely N-dealkylation sites (tertiary alicyclic amines) is 1. The molecule has 3 unspecified atom stereocenters. The molecular formula is C15H30N2. The normalized spacial score (nSPS) is 39.7. The summed E-state index contributed by atoms with van der Waals surface area (Å²) in [6.45, 7) is 12.3. The summed E-state index contributed by atoms with van der Waals surface area (Å²) < 4.78 is 0. The van der Waals surface area contributed by atoms with Crippen molar-refractivity contribution in [3.8, 4) is 0 Å². The Kier molecular flexibility index (Phi) is 4.87. The molecule has 0 bridgehead atoms. The predicted molar refractivity (Wildman–Crippen MR) is 74.2 cm³/mol. The van der Waals surface area contributed by atoms with E-state index in [4.69, 9.17) is 0 Å². The lowest BCUT2D eigenvalue weighted by Gasteiger charge is -2.36. The average molecular weight is 238 g/mol. The molecule has 0 aromatic carbocycles. The first-order valence-electron chi connectivity index (χ1n) is 7.66. The fourth-order valence-corrected chi connectivity index (χ4v) is 3.75. The molecular weight excluding hydrogens is 208 g/mol. The molecule has 1 saturated heterocycles. The van der Waals surface area contributed by atoms with Crippen LogP contribution in [0.5, 0.6) is 0 Å². The predicted octanol–water partition coefficient (Wildman–Crippen LogP) is 2.74.